The van der Waals surface area contributed by atoms with Gasteiger partial charge in [-0.05, 0) is 42.5 Å². The molecule has 0 aromatic heterocycles. The Hall–Kier alpha value is -0.930. The van der Waals surface area contributed by atoms with Crippen LogP contribution in [-0.4, -0.2) is 31.1 Å². The molecule has 1 atom stereocenters. The SMILES string of the molecule is Cc1ccc(F)cc1[C@@H](CC1CC1)N1CCNCC1. The average Bonchev–Trinajstić information content (AvgIpc) is 3.24. The minimum absolute atomic E-state index is 0.100. The summed E-state index contributed by atoms with van der Waals surface area (Å²) in [5, 5.41) is 3.40. The highest BCUT2D eigenvalue weighted by Gasteiger charge is 2.31. The van der Waals surface area contributed by atoms with Crippen molar-refractivity contribution >= 4 is 0 Å². The molecule has 104 valence electrons. The number of hydrogen-bond donors (Lipinski definition) is 1. The van der Waals surface area contributed by atoms with Crippen LogP contribution in [0.1, 0.15) is 36.4 Å². The lowest BCUT2D eigenvalue weighted by Crippen LogP contribution is -2.45. The minimum Gasteiger partial charge on any atom is -0.314 e. The topological polar surface area (TPSA) is 15.3 Å². The maximum Gasteiger partial charge on any atom is 0.123 e. The normalized spacial score (nSPS) is 22.4. The lowest BCUT2D eigenvalue weighted by atomic mass is 9.94. The molecule has 0 unspecified atom stereocenters. The van der Waals surface area contributed by atoms with Crippen LogP contribution in [0.15, 0.2) is 18.2 Å². The van der Waals surface area contributed by atoms with Crippen LogP contribution >= 0.6 is 0 Å². The molecule has 0 amide bonds. The standard InChI is InChI=1S/C16H23FN2/c1-12-2-5-14(17)11-15(12)16(10-13-3-4-13)19-8-6-18-7-9-19/h2,5,11,13,16,18H,3-4,6-10H2,1H3/t16-/m1/s1. The predicted molar refractivity (Wildman–Crippen MR) is 75.7 cm³/mol. The molecule has 1 heterocycles. The molecule has 0 spiro atoms. The summed E-state index contributed by atoms with van der Waals surface area (Å²) >= 11 is 0. The number of halogens is 1. The van der Waals surface area contributed by atoms with E-state index in [-0.39, 0.29) is 5.82 Å². The molecular weight excluding hydrogens is 239 g/mol. The average molecular weight is 262 g/mol. The van der Waals surface area contributed by atoms with Gasteiger partial charge in [-0.2, -0.15) is 0 Å². The summed E-state index contributed by atoms with van der Waals surface area (Å²) in [6.07, 6.45) is 3.91. The van der Waals surface area contributed by atoms with Crippen LogP contribution in [0, 0.1) is 18.7 Å². The highest BCUT2D eigenvalue weighted by atomic mass is 19.1. The Balaban J connectivity index is 1.85. The third-order valence-corrected chi connectivity index (χ3v) is 4.45. The van der Waals surface area contributed by atoms with E-state index in [0.717, 1.165) is 32.1 Å². The first-order chi connectivity index (χ1) is 9.24. The molecule has 1 saturated carbocycles. The van der Waals surface area contributed by atoms with E-state index >= 15 is 0 Å². The van der Waals surface area contributed by atoms with Crippen LogP contribution in [0.2, 0.25) is 0 Å². The molecule has 1 aliphatic heterocycles. The molecule has 19 heavy (non-hydrogen) atoms. The molecule has 2 fully saturated rings. The van der Waals surface area contributed by atoms with Crippen LogP contribution < -0.4 is 5.32 Å². The Morgan fingerprint density at radius 3 is 2.74 bits per heavy atom. The van der Waals surface area contributed by atoms with E-state index in [9.17, 15) is 4.39 Å². The third-order valence-electron chi connectivity index (χ3n) is 4.45. The number of nitrogens with one attached hydrogen (secondary N) is 1. The fourth-order valence-electron chi connectivity index (χ4n) is 3.11. The Bertz CT molecular complexity index is 436. The second kappa shape index (κ2) is 5.59. The van der Waals surface area contributed by atoms with Crippen molar-refractivity contribution in [2.75, 3.05) is 26.2 Å². The van der Waals surface area contributed by atoms with Gasteiger partial charge in [-0.1, -0.05) is 18.9 Å². The zero-order chi connectivity index (χ0) is 13.2. The van der Waals surface area contributed by atoms with Gasteiger partial charge >= 0.3 is 0 Å². The summed E-state index contributed by atoms with van der Waals surface area (Å²) in [4.78, 5) is 2.54. The van der Waals surface area contributed by atoms with Gasteiger partial charge in [0, 0.05) is 32.2 Å². The lowest BCUT2D eigenvalue weighted by Gasteiger charge is -2.36. The third kappa shape index (κ3) is 3.15. The minimum atomic E-state index is -0.100. The summed E-state index contributed by atoms with van der Waals surface area (Å²) < 4.78 is 13.6. The summed E-state index contributed by atoms with van der Waals surface area (Å²) in [6, 6.07) is 5.66. The Morgan fingerprint density at radius 2 is 2.05 bits per heavy atom. The first-order valence-electron chi connectivity index (χ1n) is 7.45. The second-order valence-electron chi connectivity index (χ2n) is 5.98. The van der Waals surface area contributed by atoms with E-state index in [1.165, 1.54) is 30.4 Å². The van der Waals surface area contributed by atoms with Crippen molar-refractivity contribution in [2.45, 2.75) is 32.2 Å². The fourth-order valence-corrected chi connectivity index (χ4v) is 3.11. The first kappa shape index (κ1) is 13.1. The summed E-state index contributed by atoms with van der Waals surface area (Å²) in [6.45, 7) is 6.36. The smallest absolute Gasteiger partial charge is 0.123 e. The first-order valence-corrected chi connectivity index (χ1v) is 7.45. The molecule has 0 bridgehead atoms. The molecule has 2 nitrogen and oxygen atoms in total. The van der Waals surface area contributed by atoms with Crippen molar-refractivity contribution in [3.05, 3.63) is 35.1 Å². The summed E-state index contributed by atoms with van der Waals surface area (Å²) in [5.41, 5.74) is 2.43. The molecule has 1 aromatic rings. The number of piperazine rings is 1. The van der Waals surface area contributed by atoms with Crippen LogP contribution in [0.5, 0.6) is 0 Å². The quantitative estimate of drug-likeness (QED) is 0.897. The van der Waals surface area contributed by atoms with Gasteiger partial charge in [-0.25, -0.2) is 4.39 Å². The summed E-state index contributed by atoms with van der Waals surface area (Å²) in [7, 11) is 0. The van der Waals surface area contributed by atoms with Gasteiger partial charge in [0.05, 0.1) is 0 Å². The van der Waals surface area contributed by atoms with Crippen LogP contribution in [0.3, 0.4) is 0 Å². The number of rotatable bonds is 4. The van der Waals surface area contributed by atoms with Crippen LogP contribution in [0.25, 0.3) is 0 Å². The molecule has 0 radical (unpaired) electrons. The van der Waals surface area contributed by atoms with E-state index in [4.69, 9.17) is 0 Å². The summed E-state index contributed by atoms with van der Waals surface area (Å²) in [5.74, 6) is 0.763. The van der Waals surface area contributed by atoms with Crippen molar-refractivity contribution in [1.82, 2.24) is 10.2 Å². The molecule has 3 heteroatoms. The van der Waals surface area contributed by atoms with Gasteiger partial charge in [0.2, 0.25) is 0 Å². The Kier molecular flexibility index (Phi) is 3.85. The largest absolute Gasteiger partial charge is 0.314 e. The molecular formula is C16H23FN2. The maximum atomic E-state index is 13.6. The van der Waals surface area contributed by atoms with Crippen molar-refractivity contribution in [3.8, 4) is 0 Å². The lowest BCUT2D eigenvalue weighted by molar-refractivity contribution is 0.160. The molecule has 1 N–H and O–H groups in total. The highest BCUT2D eigenvalue weighted by Crippen LogP contribution is 2.41. The molecule has 1 aromatic carbocycles. The molecule has 2 aliphatic rings. The van der Waals surface area contributed by atoms with E-state index in [2.05, 4.69) is 17.1 Å². The van der Waals surface area contributed by atoms with Gasteiger partial charge in [0.25, 0.3) is 0 Å². The number of nitrogens with zero attached hydrogens (tertiary/aromatic N) is 1. The number of benzene rings is 1. The van der Waals surface area contributed by atoms with E-state index in [1.54, 1.807) is 12.1 Å². The molecule has 3 rings (SSSR count). The zero-order valence-electron chi connectivity index (χ0n) is 11.7. The van der Waals surface area contributed by atoms with Gasteiger partial charge < -0.3 is 5.32 Å². The fraction of sp³-hybridized carbons (Fsp3) is 0.625. The Labute approximate surface area is 115 Å². The van der Waals surface area contributed by atoms with Gasteiger partial charge in [0.1, 0.15) is 5.82 Å². The van der Waals surface area contributed by atoms with Crippen molar-refractivity contribution in [2.24, 2.45) is 5.92 Å². The van der Waals surface area contributed by atoms with Crippen LogP contribution in [0.4, 0.5) is 4.39 Å². The monoisotopic (exact) mass is 262 g/mol. The predicted octanol–water partition coefficient (Wildman–Crippen LogP) is 2.88. The van der Waals surface area contributed by atoms with Crippen molar-refractivity contribution in [1.29, 1.82) is 0 Å². The van der Waals surface area contributed by atoms with Crippen molar-refractivity contribution in [3.63, 3.8) is 0 Å². The van der Waals surface area contributed by atoms with E-state index < -0.39 is 0 Å². The zero-order valence-corrected chi connectivity index (χ0v) is 11.7. The second-order valence-corrected chi connectivity index (χ2v) is 5.98. The highest BCUT2D eigenvalue weighted by molar-refractivity contribution is 5.30. The van der Waals surface area contributed by atoms with Gasteiger partial charge in [-0.3, -0.25) is 4.90 Å². The van der Waals surface area contributed by atoms with Crippen LogP contribution in [-0.2, 0) is 0 Å². The number of hydrogen-bond acceptors (Lipinski definition) is 2. The van der Waals surface area contributed by atoms with Crippen molar-refractivity contribution < 1.29 is 4.39 Å². The molecule has 1 saturated heterocycles. The Morgan fingerprint density at radius 1 is 1.32 bits per heavy atom. The maximum absolute atomic E-state index is 13.6. The van der Waals surface area contributed by atoms with Gasteiger partial charge in [-0.15, -0.1) is 0 Å². The van der Waals surface area contributed by atoms with Gasteiger partial charge in [0.15, 0.2) is 0 Å². The van der Waals surface area contributed by atoms with E-state index in [0.29, 0.717) is 6.04 Å². The molecule has 1 aliphatic carbocycles. The number of aryl methyl sites for hydroxylation is 1. The van der Waals surface area contributed by atoms with E-state index in [1.807, 2.05) is 6.07 Å².